The Morgan fingerprint density at radius 3 is 2.60 bits per heavy atom. The van der Waals surface area contributed by atoms with Gasteiger partial charge in [0.2, 0.25) is 0 Å². The summed E-state index contributed by atoms with van der Waals surface area (Å²) in [6, 6.07) is 4.28. The first kappa shape index (κ1) is 12.8. The van der Waals surface area contributed by atoms with Crippen LogP contribution in [0.25, 0.3) is 0 Å². The summed E-state index contributed by atoms with van der Waals surface area (Å²) in [4.78, 5) is 0. The number of nitrogens with two attached hydrogens (primary N) is 1. The molecule has 4 heteroatoms. The van der Waals surface area contributed by atoms with Crippen LogP contribution < -0.4 is 5.73 Å². The van der Waals surface area contributed by atoms with Crippen LogP contribution in [0.4, 0.5) is 4.39 Å². The fourth-order valence-electron chi connectivity index (χ4n) is 1.82. The Kier molecular flexibility index (Phi) is 4.38. The maximum absolute atomic E-state index is 13.0. The van der Waals surface area contributed by atoms with Gasteiger partial charge in [-0.2, -0.15) is 0 Å². The van der Waals surface area contributed by atoms with Gasteiger partial charge in [0.25, 0.3) is 0 Å². The Morgan fingerprint density at radius 2 is 2.07 bits per heavy atom. The van der Waals surface area contributed by atoms with Gasteiger partial charge in [-0.25, -0.2) is 4.39 Å². The number of halogens is 3. The van der Waals surface area contributed by atoms with Crippen molar-refractivity contribution < 1.29 is 4.39 Å². The predicted molar refractivity (Wildman–Crippen MR) is 62.9 cm³/mol. The van der Waals surface area contributed by atoms with E-state index < -0.39 is 0 Å². The van der Waals surface area contributed by atoms with Crippen LogP contribution in [-0.4, -0.2) is 0 Å². The maximum atomic E-state index is 13.0. The zero-order valence-corrected chi connectivity index (χ0v) is 9.82. The summed E-state index contributed by atoms with van der Waals surface area (Å²) in [6.45, 7) is 0. The highest BCUT2D eigenvalue weighted by atomic mass is 35.5. The second kappa shape index (κ2) is 5.15. The summed E-state index contributed by atoms with van der Waals surface area (Å²) in [5, 5.41) is 0.575. The highest BCUT2D eigenvalue weighted by Crippen LogP contribution is 2.38. The molecule has 84 valence electrons. The van der Waals surface area contributed by atoms with Crippen molar-refractivity contribution in [3.05, 3.63) is 34.6 Å². The van der Waals surface area contributed by atoms with Gasteiger partial charge in [0.15, 0.2) is 0 Å². The zero-order chi connectivity index (χ0) is 10.1. The van der Waals surface area contributed by atoms with E-state index in [1.165, 1.54) is 18.6 Å². The molecular formula is C11H14Cl2FN. The molecule has 1 aromatic rings. The molecule has 1 saturated carbocycles. The molecule has 0 unspecified atom stereocenters. The van der Waals surface area contributed by atoms with Crippen molar-refractivity contribution in [1.29, 1.82) is 0 Å². The Morgan fingerprint density at radius 1 is 1.40 bits per heavy atom. The van der Waals surface area contributed by atoms with Crippen molar-refractivity contribution >= 4 is 24.0 Å². The lowest BCUT2D eigenvalue weighted by Gasteiger charge is -2.31. The molecule has 1 atom stereocenters. The minimum absolute atomic E-state index is 0. The maximum Gasteiger partial charge on any atom is 0.123 e. The largest absolute Gasteiger partial charge is 0.324 e. The number of hydrogen-bond donors (Lipinski definition) is 1. The van der Waals surface area contributed by atoms with Crippen molar-refractivity contribution in [2.75, 3.05) is 0 Å². The Labute approximate surface area is 100 Å². The van der Waals surface area contributed by atoms with E-state index in [2.05, 4.69) is 0 Å². The average Bonchev–Trinajstić information content (AvgIpc) is 2.06. The number of rotatable bonds is 2. The normalized spacial score (nSPS) is 17.8. The van der Waals surface area contributed by atoms with Crippen molar-refractivity contribution in [3.63, 3.8) is 0 Å². The summed E-state index contributed by atoms with van der Waals surface area (Å²) in [7, 11) is 0. The van der Waals surface area contributed by atoms with Gasteiger partial charge < -0.3 is 5.73 Å². The van der Waals surface area contributed by atoms with Gasteiger partial charge in [-0.1, -0.05) is 18.0 Å². The van der Waals surface area contributed by atoms with E-state index in [1.54, 1.807) is 6.07 Å². The van der Waals surface area contributed by atoms with Crippen LogP contribution >= 0.6 is 24.0 Å². The highest BCUT2D eigenvalue weighted by molar-refractivity contribution is 6.31. The lowest BCUT2D eigenvalue weighted by atomic mass is 9.77. The van der Waals surface area contributed by atoms with E-state index in [1.807, 2.05) is 0 Å². The van der Waals surface area contributed by atoms with Crippen molar-refractivity contribution in [2.45, 2.75) is 25.3 Å². The molecule has 0 saturated heterocycles. The second-order valence-electron chi connectivity index (χ2n) is 3.88. The van der Waals surface area contributed by atoms with Crippen LogP contribution in [-0.2, 0) is 0 Å². The summed E-state index contributed by atoms with van der Waals surface area (Å²) >= 11 is 5.97. The van der Waals surface area contributed by atoms with Gasteiger partial charge in [0, 0.05) is 11.1 Å². The molecule has 0 heterocycles. The molecule has 0 amide bonds. The zero-order valence-electron chi connectivity index (χ0n) is 8.25. The van der Waals surface area contributed by atoms with Crippen LogP contribution in [0.1, 0.15) is 30.9 Å². The van der Waals surface area contributed by atoms with Gasteiger partial charge in [-0.15, -0.1) is 12.4 Å². The molecule has 0 aliphatic heterocycles. The summed E-state index contributed by atoms with van der Waals surface area (Å²) in [5.41, 5.74) is 6.77. The molecule has 1 fully saturated rings. The fourth-order valence-corrected chi connectivity index (χ4v) is 2.07. The van der Waals surface area contributed by atoms with E-state index in [9.17, 15) is 4.39 Å². The monoisotopic (exact) mass is 249 g/mol. The third-order valence-electron chi connectivity index (χ3n) is 2.97. The first-order chi connectivity index (χ1) is 6.68. The van der Waals surface area contributed by atoms with Crippen LogP contribution in [0.2, 0.25) is 5.02 Å². The Bertz CT molecular complexity index is 339. The van der Waals surface area contributed by atoms with Gasteiger partial charge in [0.1, 0.15) is 5.82 Å². The first-order valence-corrected chi connectivity index (χ1v) is 5.27. The first-order valence-electron chi connectivity index (χ1n) is 4.89. The van der Waals surface area contributed by atoms with Gasteiger partial charge in [-0.3, -0.25) is 0 Å². The highest BCUT2D eigenvalue weighted by Gasteiger charge is 2.26. The SMILES string of the molecule is Cl.N[C@H](c1cc(F)ccc1Cl)C1CCC1. The van der Waals surface area contributed by atoms with E-state index in [4.69, 9.17) is 17.3 Å². The lowest BCUT2D eigenvalue weighted by Crippen LogP contribution is -2.27. The smallest absolute Gasteiger partial charge is 0.123 e. The van der Waals surface area contributed by atoms with Crippen molar-refractivity contribution in [2.24, 2.45) is 11.7 Å². The molecule has 0 radical (unpaired) electrons. The standard InChI is InChI=1S/C11H13ClFN.ClH/c12-10-5-4-8(13)6-9(10)11(14)7-2-1-3-7;/h4-7,11H,1-3,14H2;1H/t11-;/m0./s1. The van der Waals surface area contributed by atoms with Gasteiger partial charge >= 0.3 is 0 Å². The third-order valence-corrected chi connectivity index (χ3v) is 3.32. The average molecular weight is 250 g/mol. The predicted octanol–water partition coefficient (Wildman–Crippen LogP) is 3.70. The lowest BCUT2D eigenvalue weighted by molar-refractivity contribution is 0.264. The minimum Gasteiger partial charge on any atom is -0.324 e. The van der Waals surface area contributed by atoms with E-state index >= 15 is 0 Å². The molecule has 1 aliphatic rings. The molecule has 1 aliphatic carbocycles. The van der Waals surface area contributed by atoms with Crippen molar-refractivity contribution in [3.8, 4) is 0 Å². The van der Waals surface area contributed by atoms with Crippen LogP contribution in [0, 0.1) is 11.7 Å². The van der Waals surface area contributed by atoms with E-state index in [-0.39, 0.29) is 24.3 Å². The molecule has 1 aromatic carbocycles. The topological polar surface area (TPSA) is 26.0 Å². The van der Waals surface area contributed by atoms with Crippen LogP contribution in [0.15, 0.2) is 18.2 Å². The quantitative estimate of drug-likeness (QED) is 0.850. The number of benzene rings is 1. The van der Waals surface area contributed by atoms with Crippen molar-refractivity contribution in [1.82, 2.24) is 0 Å². The third kappa shape index (κ3) is 2.63. The summed E-state index contributed by atoms with van der Waals surface area (Å²) in [6.07, 6.45) is 3.49. The van der Waals surface area contributed by atoms with Crippen LogP contribution in [0.3, 0.4) is 0 Å². The molecule has 15 heavy (non-hydrogen) atoms. The molecule has 2 N–H and O–H groups in total. The van der Waals surface area contributed by atoms with Crippen LogP contribution in [0.5, 0.6) is 0 Å². The van der Waals surface area contributed by atoms with E-state index in [0.717, 1.165) is 18.4 Å². The molecule has 2 rings (SSSR count). The summed E-state index contributed by atoms with van der Waals surface area (Å²) in [5.74, 6) is 0.216. The molecule has 0 aromatic heterocycles. The molecule has 0 spiro atoms. The Balaban J connectivity index is 0.00000112. The molecule has 0 bridgehead atoms. The number of hydrogen-bond acceptors (Lipinski definition) is 1. The van der Waals surface area contributed by atoms with Gasteiger partial charge in [-0.05, 0) is 42.5 Å². The molecular weight excluding hydrogens is 236 g/mol. The second-order valence-corrected chi connectivity index (χ2v) is 4.29. The summed E-state index contributed by atoms with van der Waals surface area (Å²) < 4.78 is 13.0. The van der Waals surface area contributed by atoms with Gasteiger partial charge in [0.05, 0.1) is 0 Å². The Hall–Kier alpha value is -0.310. The minimum atomic E-state index is -0.265. The fraction of sp³-hybridized carbons (Fsp3) is 0.455. The molecule has 1 nitrogen and oxygen atoms in total. The van der Waals surface area contributed by atoms with E-state index in [0.29, 0.717) is 10.9 Å².